The van der Waals surface area contributed by atoms with Crippen LogP contribution in [-0.2, 0) is 4.79 Å². The Bertz CT molecular complexity index is 404. The van der Waals surface area contributed by atoms with Gasteiger partial charge >= 0.3 is 0 Å². The number of hydrogen-bond acceptors (Lipinski definition) is 5. The first-order valence-corrected chi connectivity index (χ1v) is 5.91. The van der Waals surface area contributed by atoms with Gasteiger partial charge in [0.1, 0.15) is 0 Å². The van der Waals surface area contributed by atoms with E-state index < -0.39 is 0 Å². The molecule has 2 unspecified atom stereocenters. The summed E-state index contributed by atoms with van der Waals surface area (Å²) in [6.07, 6.45) is 2.04. The molecular weight excluding hydrogens is 220 g/mol. The Kier molecular flexibility index (Phi) is 3.42. The van der Waals surface area contributed by atoms with Crippen molar-refractivity contribution in [1.82, 2.24) is 15.0 Å². The summed E-state index contributed by atoms with van der Waals surface area (Å²) < 4.78 is 5.19. The molecule has 2 atom stereocenters. The second-order valence-corrected chi connectivity index (χ2v) is 4.59. The number of amides is 1. The van der Waals surface area contributed by atoms with Crippen molar-refractivity contribution in [2.45, 2.75) is 38.6 Å². The van der Waals surface area contributed by atoms with Gasteiger partial charge < -0.3 is 10.3 Å². The van der Waals surface area contributed by atoms with Crippen LogP contribution in [-0.4, -0.2) is 40.1 Å². The highest BCUT2D eigenvalue weighted by molar-refractivity contribution is 5.79. The zero-order valence-corrected chi connectivity index (χ0v) is 10.2. The van der Waals surface area contributed by atoms with E-state index in [-0.39, 0.29) is 17.9 Å². The maximum atomic E-state index is 11.2. The molecule has 1 aromatic heterocycles. The van der Waals surface area contributed by atoms with Crippen LogP contribution in [0.3, 0.4) is 0 Å². The molecule has 94 valence electrons. The lowest BCUT2D eigenvalue weighted by atomic mass is 9.96. The Hall–Kier alpha value is -1.43. The van der Waals surface area contributed by atoms with Gasteiger partial charge in [0.15, 0.2) is 5.82 Å². The molecule has 0 radical (unpaired) electrons. The molecule has 0 bridgehead atoms. The molecule has 1 fully saturated rings. The molecule has 1 aliphatic heterocycles. The number of piperidine rings is 1. The molecule has 17 heavy (non-hydrogen) atoms. The smallest absolute Gasteiger partial charge is 0.234 e. The third-order valence-corrected chi connectivity index (χ3v) is 3.30. The summed E-state index contributed by atoms with van der Waals surface area (Å²) in [6, 6.07) is -0.234. The first-order valence-electron chi connectivity index (χ1n) is 5.91. The van der Waals surface area contributed by atoms with Crippen molar-refractivity contribution in [1.29, 1.82) is 0 Å². The molecule has 2 N–H and O–H groups in total. The molecule has 2 rings (SSSR count). The molecule has 2 heterocycles. The number of carbonyl (C=O) groups is 1. The Morgan fingerprint density at radius 3 is 3.00 bits per heavy atom. The second-order valence-electron chi connectivity index (χ2n) is 4.59. The number of aryl methyl sites for hydroxylation is 1. The number of primary amides is 1. The van der Waals surface area contributed by atoms with Crippen molar-refractivity contribution < 1.29 is 9.32 Å². The lowest BCUT2D eigenvalue weighted by molar-refractivity contribution is -0.123. The second kappa shape index (κ2) is 4.83. The predicted molar refractivity (Wildman–Crippen MR) is 61.2 cm³/mol. The number of carbonyl (C=O) groups excluding carboxylic acids is 1. The van der Waals surface area contributed by atoms with Crippen LogP contribution in [0.15, 0.2) is 4.52 Å². The maximum Gasteiger partial charge on any atom is 0.234 e. The molecule has 1 aliphatic rings. The normalized spacial score (nSPS) is 23.5. The van der Waals surface area contributed by atoms with Crippen LogP contribution in [0.25, 0.3) is 0 Å². The van der Waals surface area contributed by atoms with Gasteiger partial charge in [0.05, 0.1) is 12.0 Å². The molecule has 0 saturated carbocycles. The molecular formula is C11H18N4O2. The highest BCUT2D eigenvalue weighted by Gasteiger charge is 2.29. The number of likely N-dealkylation sites (tertiary alicyclic amines) is 1. The van der Waals surface area contributed by atoms with Crippen LogP contribution >= 0.6 is 0 Å². The van der Waals surface area contributed by atoms with Crippen LogP contribution < -0.4 is 5.73 Å². The Morgan fingerprint density at radius 2 is 2.41 bits per heavy atom. The van der Waals surface area contributed by atoms with Gasteiger partial charge in [0.25, 0.3) is 0 Å². The van der Waals surface area contributed by atoms with Crippen molar-refractivity contribution in [3.63, 3.8) is 0 Å². The first-order chi connectivity index (χ1) is 8.08. The lowest BCUT2D eigenvalue weighted by Gasteiger charge is -2.33. The van der Waals surface area contributed by atoms with E-state index in [1.807, 2.05) is 6.92 Å². The van der Waals surface area contributed by atoms with Crippen LogP contribution in [0.5, 0.6) is 0 Å². The Morgan fingerprint density at radius 1 is 1.65 bits per heavy atom. The van der Waals surface area contributed by atoms with Crippen LogP contribution in [0.1, 0.15) is 37.4 Å². The summed E-state index contributed by atoms with van der Waals surface area (Å²) in [7, 11) is 0. The lowest BCUT2D eigenvalue weighted by Crippen LogP contribution is -2.47. The summed E-state index contributed by atoms with van der Waals surface area (Å²) in [6.45, 7) is 5.29. The van der Waals surface area contributed by atoms with Crippen molar-refractivity contribution >= 4 is 5.91 Å². The van der Waals surface area contributed by atoms with Crippen molar-refractivity contribution in [3.8, 4) is 0 Å². The third-order valence-electron chi connectivity index (χ3n) is 3.30. The van der Waals surface area contributed by atoms with E-state index in [0.29, 0.717) is 11.7 Å². The molecule has 0 spiro atoms. The van der Waals surface area contributed by atoms with Gasteiger partial charge in [0.2, 0.25) is 11.8 Å². The molecule has 1 saturated heterocycles. The van der Waals surface area contributed by atoms with Crippen LogP contribution in [0.2, 0.25) is 0 Å². The number of rotatable bonds is 3. The number of hydrogen-bond donors (Lipinski definition) is 1. The van der Waals surface area contributed by atoms with E-state index >= 15 is 0 Å². The topological polar surface area (TPSA) is 85.3 Å². The minimum Gasteiger partial charge on any atom is -0.368 e. The fourth-order valence-corrected chi connectivity index (χ4v) is 2.22. The minimum absolute atomic E-state index is 0.215. The molecule has 6 heteroatoms. The SMILES string of the molecule is Cc1noc(C2CCCN(C(C)C(N)=O)C2)n1. The zero-order valence-electron chi connectivity index (χ0n) is 10.2. The van der Waals surface area contributed by atoms with Gasteiger partial charge in [0, 0.05) is 6.54 Å². The van der Waals surface area contributed by atoms with E-state index in [0.717, 1.165) is 25.9 Å². The fraction of sp³-hybridized carbons (Fsp3) is 0.727. The van der Waals surface area contributed by atoms with Gasteiger partial charge in [-0.05, 0) is 33.2 Å². The minimum atomic E-state index is -0.285. The van der Waals surface area contributed by atoms with Crippen molar-refractivity contribution in [2.75, 3.05) is 13.1 Å². The summed E-state index contributed by atoms with van der Waals surface area (Å²) in [5.41, 5.74) is 5.32. The average Bonchev–Trinajstić information content (AvgIpc) is 2.75. The molecule has 0 aromatic carbocycles. The van der Waals surface area contributed by atoms with Crippen molar-refractivity contribution in [3.05, 3.63) is 11.7 Å². The van der Waals surface area contributed by atoms with Gasteiger partial charge in [-0.3, -0.25) is 9.69 Å². The zero-order chi connectivity index (χ0) is 12.4. The summed E-state index contributed by atoms with van der Waals surface area (Å²) in [5.74, 6) is 1.25. The summed E-state index contributed by atoms with van der Waals surface area (Å²) in [4.78, 5) is 17.5. The summed E-state index contributed by atoms with van der Waals surface area (Å²) in [5, 5.41) is 3.80. The largest absolute Gasteiger partial charge is 0.368 e. The van der Waals surface area contributed by atoms with Crippen LogP contribution in [0.4, 0.5) is 0 Å². The molecule has 1 amide bonds. The van der Waals surface area contributed by atoms with E-state index in [1.165, 1.54) is 0 Å². The standard InChI is InChI=1S/C11H18N4O2/c1-7(10(12)16)15-5-3-4-9(6-15)11-13-8(2)14-17-11/h7,9H,3-6H2,1-2H3,(H2,12,16). The van der Waals surface area contributed by atoms with Gasteiger partial charge in [-0.15, -0.1) is 0 Å². The Balaban J connectivity index is 2.04. The highest BCUT2D eigenvalue weighted by Crippen LogP contribution is 2.26. The van der Waals surface area contributed by atoms with E-state index in [2.05, 4.69) is 15.0 Å². The molecule has 6 nitrogen and oxygen atoms in total. The van der Waals surface area contributed by atoms with E-state index in [4.69, 9.17) is 10.3 Å². The highest BCUT2D eigenvalue weighted by atomic mass is 16.5. The summed E-state index contributed by atoms with van der Waals surface area (Å²) >= 11 is 0. The average molecular weight is 238 g/mol. The fourth-order valence-electron chi connectivity index (χ4n) is 2.22. The van der Waals surface area contributed by atoms with Gasteiger partial charge in [-0.25, -0.2) is 0 Å². The van der Waals surface area contributed by atoms with Crippen molar-refractivity contribution in [2.24, 2.45) is 5.73 Å². The van der Waals surface area contributed by atoms with E-state index in [9.17, 15) is 4.79 Å². The maximum absolute atomic E-state index is 11.2. The predicted octanol–water partition coefficient (Wildman–Crippen LogP) is 0.431. The van der Waals surface area contributed by atoms with Gasteiger partial charge in [-0.1, -0.05) is 5.16 Å². The van der Waals surface area contributed by atoms with Crippen LogP contribution in [0, 0.1) is 6.92 Å². The number of nitrogens with two attached hydrogens (primary N) is 1. The quantitative estimate of drug-likeness (QED) is 0.825. The number of aromatic nitrogens is 2. The third kappa shape index (κ3) is 2.63. The molecule has 0 aliphatic carbocycles. The Labute approximate surface area is 100 Å². The number of nitrogens with zero attached hydrogens (tertiary/aromatic N) is 3. The van der Waals surface area contributed by atoms with Gasteiger partial charge in [-0.2, -0.15) is 4.98 Å². The molecule has 1 aromatic rings. The van der Waals surface area contributed by atoms with E-state index in [1.54, 1.807) is 6.92 Å². The first kappa shape index (κ1) is 12.0. The monoisotopic (exact) mass is 238 g/mol.